The predicted octanol–water partition coefficient (Wildman–Crippen LogP) is 1.02. The molecule has 6 heavy (non-hydrogen) atoms. The summed E-state index contributed by atoms with van der Waals surface area (Å²) in [6.45, 7) is 0.0878. The van der Waals surface area contributed by atoms with E-state index < -0.39 is 0 Å². The highest BCUT2D eigenvalue weighted by Gasteiger charge is 1.94. The third kappa shape index (κ3) is 3.18. The molecule has 0 aromatic heterocycles. The molecule has 0 bridgehead atoms. The highest BCUT2D eigenvalue weighted by molar-refractivity contribution is 14.1. The molecule has 0 saturated carbocycles. The predicted molar refractivity (Wildman–Crippen MR) is 35.6 cm³/mol. The second kappa shape index (κ2) is 4.15. The number of rotatable bonds is 2. The molecular formula is C3H6ClIO. The minimum atomic E-state index is -0.0504. The summed E-state index contributed by atoms with van der Waals surface area (Å²) in [7, 11) is 0. The lowest BCUT2D eigenvalue weighted by Gasteiger charge is -1.93. The summed E-state index contributed by atoms with van der Waals surface area (Å²) in [6.07, 6.45) is 0. The standard InChI is InChI=1S/C3H6ClIO/c4-3(1-5)2-6/h3,6H,1-2H2. The van der Waals surface area contributed by atoms with Gasteiger partial charge in [0.05, 0.1) is 12.0 Å². The summed E-state index contributed by atoms with van der Waals surface area (Å²) in [5, 5.41) is 8.15. The van der Waals surface area contributed by atoms with E-state index in [1.807, 2.05) is 0 Å². The van der Waals surface area contributed by atoms with Gasteiger partial charge in [-0.25, -0.2) is 0 Å². The van der Waals surface area contributed by atoms with Crippen LogP contribution in [0.15, 0.2) is 0 Å². The van der Waals surface area contributed by atoms with E-state index in [4.69, 9.17) is 16.7 Å². The largest absolute Gasteiger partial charge is 0.395 e. The molecular weight excluding hydrogens is 214 g/mol. The fraction of sp³-hybridized carbons (Fsp3) is 1.00. The third-order valence-corrected chi connectivity index (χ3v) is 2.24. The van der Waals surface area contributed by atoms with Gasteiger partial charge in [-0.3, -0.25) is 0 Å². The quantitative estimate of drug-likeness (QED) is 0.544. The number of hydrogen-bond donors (Lipinski definition) is 1. The smallest absolute Gasteiger partial charge is 0.0656 e. The molecule has 0 aromatic rings. The topological polar surface area (TPSA) is 20.2 Å². The van der Waals surface area contributed by atoms with E-state index in [9.17, 15) is 0 Å². The van der Waals surface area contributed by atoms with Crippen molar-refractivity contribution < 1.29 is 5.11 Å². The fourth-order valence-corrected chi connectivity index (χ4v) is 0.327. The third-order valence-electron chi connectivity index (χ3n) is 0.366. The first kappa shape index (κ1) is 6.98. The molecule has 0 fully saturated rings. The van der Waals surface area contributed by atoms with Crippen LogP contribution in [0.3, 0.4) is 0 Å². The van der Waals surface area contributed by atoms with Gasteiger partial charge in [0.15, 0.2) is 0 Å². The number of hydrogen-bond acceptors (Lipinski definition) is 1. The molecule has 0 spiro atoms. The molecule has 0 amide bonds. The number of aliphatic hydroxyl groups excluding tert-OH is 1. The van der Waals surface area contributed by atoms with Crippen molar-refractivity contribution >= 4 is 34.2 Å². The van der Waals surface area contributed by atoms with E-state index in [1.165, 1.54) is 0 Å². The summed E-state index contributed by atoms with van der Waals surface area (Å²) < 4.78 is 0.815. The van der Waals surface area contributed by atoms with E-state index in [2.05, 4.69) is 22.6 Å². The Morgan fingerprint density at radius 3 is 2.33 bits per heavy atom. The first-order chi connectivity index (χ1) is 2.81. The maximum Gasteiger partial charge on any atom is 0.0656 e. The van der Waals surface area contributed by atoms with Crippen molar-refractivity contribution in [2.24, 2.45) is 0 Å². The molecule has 1 N–H and O–H groups in total. The molecule has 3 heteroatoms. The Morgan fingerprint density at radius 1 is 1.83 bits per heavy atom. The van der Waals surface area contributed by atoms with Crippen molar-refractivity contribution in [2.75, 3.05) is 11.0 Å². The van der Waals surface area contributed by atoms with Crippen LogP contribution in [0.25, 0.3) is 0 Å². The second-order valence-corrected chi connectivity index (χ2v) is 2.43. The average molecular weight is 220 g/mol. The molecule has 0 heterocycles. The summed E-state index contributed by atoms with van der Waals surface area (Å²) in [5.41, 5.74) is 0. The molecule has 0 aliphatic rings. The van der Waals surface area contributed by atoms with Gasteiger partial charge in [0, 0.05) is 4.43 Å². The van der Waals surface area contributed by atoms with Crippen LogP contribution >= 0.6 is 34.2 Å². The molecule has 0 aliphatic heterocycles. The van der Waals surface area contributed by atoms with Crippen molar-refractivity contribution in [2.45, 2.75) is 5.38 Å². The minimum absolute atomic E-state index is 0.0504. The van der Waals surface area contributed by atoms with E-state index in [1.54, 1.807) is 0 Å². The Hall–Kier alpha value is 0.980. The van der Waals surface area contributed by atoms with Crippen LogP contribution in [0, 0.1) is 0 Å². The molecule has 1 atom stereocenters. The van der Waals surface area contributed by atoms with Crippen molar-refractivity contribution in [1.29, 1.82) is 0 Å². The van der Waals surface area contributed by atoms with Crippen LogP contribution in [-0.4, -0.2) is 21.5 Å². The van der Waals surface area contributed by atoms with Gasteiger partial charge >= 0.3 is 0 Å². The number of halogens is 2. The lowest BCUT2D eigenvalue weighted by molar-refractivity contribution is 0.300. The van der Waals surface area contributed by atoms with Gasteiger partial charge in [0.2, 0.25) is 0 Å². The Kier molecular flexibility index (Phi) is 4.82. The lowest BCUT2D eigenvalue weighted by Crippen LogP contribution is -2.04. The molecule has 0 rings (SSSR count). The summed E-state index contributed by atoms with van der Waals surface area (Å²) in [6, 6.07) is 0. The van der Waals surface area contributed by atoms with Gasteiger partial charge in [-0.05, 0) is 0 Å². The van der Waals surface area contributed by atoms with Crippen molar-refractivity contribution in [3.8, 4) is 0 Å². The van der Waals surface area contributed by atoms with Crippen molar-refractivity contribution in [3.05, 3.63) is 0 Å². The summed E-state index contributed by atoms with van der Waals surface area (Å²) in [4.78, 5) is 0. The van der Waals surface area contributed by atoms with Crippen molar-refractivity contribution in [1.82, 2.24) is 0 Å². The zero-order valence-corrected chi connectivity index (χ0v) is 6.11. The first-order valence-electron chi connectivity index (χ1n) is 1.62. The van der Waals surface area contributed by atoms with Crippen LogP contribution in [0.5, 0.6) is 0 Å². The SMILES string of the molecule is OCC(Cl)CI. The van der Waals surface area contributed by atoms with Crippen LogP contribution in [0.1, 0.15) is 0 Å². The average Bonchev–Trinajstić information content (AvgIpc) is 1.65. The second-order valence-electron chi connectivity index (χ2n) is 0.934. The van der Waals surface area contributed by atoms with Crippen LogP contribution in [-0.2, 0) is 0 Å². The Balaban J connectivity index is 2.75. The van der Waals surface area contributed by atoms with E-state index in [-0.39, 0.29) is 12.0 Å². The lowest BCUT2D eigenvalue weighted by atomic mass is 10.5. The van der Waals surface area contributed by atoms with Gasteiger partial charge in [-0.15, -0.1) is 11.6 Å². The van der Waals surface area contributed by atoms with E-state index in [0.29, 0.717) is 0 Å². The highest BCUT2D eigenvalue weighted by Crippen LogP contribution is 1.97. The highest BCUT2D eigenvalue weighted by atomic mass is 127. The van der Waals surface area contributed by atoms with Crippen LogP contribution < -0.4 is 0 Å². The molecule has 0 aliphatic carbocycles. The minimum Gasteiger partial charge on any atom is -0.395 e. The Bertz CT molecular complexity index is 30.0. The van der Waals surface area contributed by atoms with Gasteiger partial charge < -0.3 is 5.11 Å². The van der Waals surface area contributed by atoms with Gasteiger partial charge in [-0.1, -0.05) is 22.6 Å². The zero-order valence-electron chi connectivity index (χ0n) is 3.19. The van der Waals surface area contributed by atoms with Crippen LogP contribution in [0.4, 0.5) is 0 Å². The molecule has 0 saturated heterocycles. The zero-order chi connectivity index (χ0) is 4.99. The van der Waals surface area contributed by atoms with E-state index in [0.717, 1.165) is 4.43 Å². The van der Waals surface area contributed by atoms with Crippen LogP contribution in [0.2, 0.25) is 0 Å². The molecule has 38 valence electrons. The first-order valence-corrected chi connectivity index (χ1v) is 3.58. The van der Waals surface area contributed by atoms with E-state index >= 15 is 0 Å². The van der Waals surface area contributed by atoms with Gasteiger partial charge in [0.1, 0.15) is 0 Å². The number of alkyl halides is 2. The van der Waals surface area contributed by atoms with Gasteiger partial charge in [-0.2, -0.15) is 0 Å². The Labute approximate surface area is 55.8 Å². The molecule has 1 nitrogen and oxygen atoms in total. The normalized spacial score (nSPS) is 14.5. The van der Waals surface area contributed by atoms with Crippen molar-refractivity contribution in [3.63, 3.8) is 0 Å². The molecule has 1 unspecified atom stereocenters. The maximum absolute atomic E-state index is 8.20. The molecule has 0 aromatic carbocycles. The fourth-order valence-electron chi connectivity index (χ4n) is 0.0488. The Morgan fingerprint density at radius 2 is 2.33 bits per heavy atom. The summed E-state index contributed by atoms with van der Waals surface area (Å²) in [5.74, 6) is 0. The summed E-state index contributed by atoms with van der Waals surface area (Å²) >= 11 is 7.51. The van der Waals surface area contributed by atoms with Gasteiger partial charge in [0.25, 0.3) is 0 Å². The maximum atomic E-state index is 8.20. The monoisotopic (exact) mass is 220 g/mol. The number of aliphatic hydroxyl groups is 1. The molecule has 0 radical (unpaired) electrons.